The topological polar surface area (TPSA) is 52.7 Å². The number of anilines is 2. The van der Waals surface area contributed by atoms with Crippen molar-refractivity contribution < 1.29 is 9.59 Å². The number of hydrogen-bond acceptors (Lipinski definition) is 4. The zero-order chi connectivity index (χ0) is 25.7. The third-order valence-electron chi connectivity index (χ3n) is 6.02. The number of hydrogen-bond donors (Lipinski definition) is 1. The van der Waals surface area contributed by atoms with Crippen LogP contribution in [0.2, 0.25) is 5.02 Å². The molecule has 0 aliphatic carbocycles. The molecule has 0 spiro atoms. The number of amides is 2. The highest BCUT2D eigenvalue weighted by Gasteiger charge is 2.25. The average molecular weight is 518 g/mol. The molecule has 0 aliphatic heterocycles. The van der Waals surface area contributed by atoms with Crippen LogP contribution in [0.3, 0.4) is 0 Å². The molecular weight excluding hydrogens is 490 g/mol. The quantitative estimate of drug-likeness (QED) is 0.270. The Labute approximate surface area is 220 Å². The van der Waals surface area contributed by atoms with E-state index >= 15 is 0 Å². The van der Waals surface area contributed by atoms with Crippen molar-refractivity contribution in [2.75, 3.05) is 24.3 Å². The van der Waals surface area contributed by atoms with Crippen molar-refractivity contribution in [3.05, 3.63) is 117 Å². The molecule has 1 N–H and O–H groups in total. The molecule has 184 valence electrons. The van der Waals surface area contributed by atoms with Crippen LogP contribution in [0.4, 0.5) is 11.4 Å². The maximum atomic E-state index is 13.6. The van der Waals surface area contributed by atoms with Gasteiger partial charge in [-0.15, -0.1) is 11.3 Å². The van der Waals surface area contributed by atoms with Gasteiger partial charge in [-0.25, -0.2) is 0 Å². The van der Waals surface area contributed by atoms with Gasteiger partial charge in [-0.3, -0.25) is 9.59 Å². The lowest BCUT2D eigenvalue weighted by Crippen LogP contribution is -2.33. The van der Waals surface area contributed by atoms with E-state index in [1.54, 1.807) is 24.3 Å². The number of nitrogens with one attached hydrogen (secondary N) is 1. The Bertz CT molecular complexity index is 1340. The molecule has 4 rings (SSSR count). The third-order valence-corrected chi connectivity index (χ3v) is 7.21. The molecule has 1 aromatic heterocycles. The van der Waals surface area contributed by atoms with Crippen molar-refractivity contribution in [3.63, 3.8) is 0 Å². The smallest absolute Gasteiger partial charge is 0.264 e. The number of nitrogens with zero attached hydrogens (tertiary/aromatic N) is 2. The zero-order valence-electron chi connectivity index (χ0n) is 20.4. The van der Waals surface area contributed by atoms with Gasteiger partial charge in [0.05, 0.1) is 21.5 Å². The van der Waals surface area contributed by atoms with Gasteiger partial charge in [-0.1, -0.05) is 60.1 Å². The van der Waals surface area contributed by atoms with Gasteiger partial charge in [0.1, 0.15) is 0 Å². The van der Waals surface area contributed by atoms with Crippen molar-refractivity contribution in [3.8, 4) is 0 Å². The summed E-state index contributed by atoms with van der Waals surface area (Å²) in [5.41, 5.74) is 3.98. The second-order valence-electron chi connectivity index (χ2n) is 8.67. The van der Waals surface area contributed by atoms with Gasteiger partial charge in [0.2, 0.25) is 0 Å². The molecule has 36 heavy (non-hydrogen) atoms. The zero-order valence-corrected chi connectivity index (χ0v) is 22.0. The van der Waals surface area contributed by atoms with E-state index in [1.165, 1.54) is 11.3 Å². The molecule has 0 saturated carbocycles. The Hall–Kier alpha value is -3.61. The molecule has 0 radical (unpaired) electrons. The minimum atomic E-state index is -0.284. The largest absolute Gasteiger partial charge is 0.377 e. The fourth-order valence-electron chi connectivity index (χ4n) is 4.09. The minimum Gasteiger partial charge on any atom is -0.377 e. The normalized spacial score (nSPS) is 11.6. The van der Waals surface area contributed by atoms with Crippen LogP contribution in [-0.2, 0) is 6.54 Å². The van der Waals surface area contributed by atoms with Crippen LogP contribution in [0.5, 0.6) is 0 Å². The highest BCUT2D eigenvalue weighted by molar-refractivity contribution is 7.12. The molecule has 2 amide bonds. The predicted octanol–water partition coefficient (Wildman–Crippen LogP) is 7.12. The highest BCUT2D eigenvalue weighted by atomic mass is 35.5. The number of thiophene rings is 1. The molecule has 1 heterocycles. The Kier molecular flexibility index (Phi) is 8.08. The van der Waals surface area contributed by atoms with Crippen molar-refractivity contribution >= 4 is 46.1 Å². The Morgan fingerprint density at radius 2 is 1.67 bits per heavy atom. The van der Waals surface area contributed by atoms with Gasteiger partial charge in [0.25, 0.3) is 11.8 Å². The van der Waals surface area contributed by atoms with Crippen LogP contribution in [-0.4, -0.2) is 30.8 Å². The molecule has 7 heteroatoms. The van der Waals surface area contributed by atoms with Crippen LogP contribution in [0, 0.1) is 0 Å². The number of rotatable bonds is 8. The van der Waals surface area contributed by atoms with Crippen LogP contribution in [0.15, 0.2) is 90.3 Å². The van der Waals surface area contributed by atoms with E-state index in [2.05, 4.69) is 5.32 Å². The van der Waals surface area contributed by atoms with Gasteiger partial charge in [-0.2, -0.15) is 0 Å². The molecule has 0 fully saturated rings. The second kappa shape index (κ2) is 11.4. The predicted molar refractivity (Wildman–Crippen MR) is 149 cm³/mol. The fourth-order valence-corrected chi connectivity index (χ4v) is 4.99. The van der Waals surface area contributed by atoms with Crippen LogP contribution in [0.1, 0.15) is 44.1 Å². The van der Waals surface area contributed by atoms with Crippen LogP contribution in [0.25, 0.3) is 0 Å². The van der Waals surface area contributed by atoms with E-state index in [0.717, 1.165) is 16.8 Å². The summed E-state index contributed by atoms with van der Waals surface area (Å²) in [5.74, 6) is -0.315. The summed E-state index contributed by atoms with van der Waals surface area (Å²) >= 11 is 7.65. The fraction of sp³-hybridized carbons (Fsp3) is 0.172. The van der Waals surface area contributed by atoms with Crippen LogP contribution < -0.4 is 10.2 Å². The standard InChI is InChI=1S/C29H28ClN3O2S/c1-20(21-10-5-4-6-11-21)33(29(35)27-14-9-17-36-27)19-22-18-23(15-16-26(22)32(2)3)31-28(34)24-12-7-8-13-25(24)30/h4-18,20H,19H2,1-3H3,(H,31,34). The highest BCUT2D eigenvalue weighted by Crippen LogP contribution is 2.31. The molecule has 4 aromatic rings. The number of halogens is 1. The molecule has 0 bridgehead atoms. The maximum Gasteiger partial charge on any atom is 0.264 e. The lowest BCUT2D eigenvalue weighted by molar-refractivity contribution is 0.0679. The summed E-state index contributed by atoms with van der Waals surface area (Å²) < 4.78 is 0. The molecular formula is C29H28ClN3O2S. The van der Waals surface area contributed by atoms with E-state index in [4.69, 9.17) is 11.6 Å². The summed E-state index contributed by atoms with van der Waals surface area (Å²) in [5, 5.41) is 5.26. The van der Waals surface area contributed by atoms with Gasteiger partial charge in [0, 0.05) is 32.0 Å². The first-order valence-corrected chi connectivity index (χ1v) is 12.9. The van der Waals surface area contributed by atoms with E-state index in [-0.39, 0.29) is 17.9 Å². The summed E-state index contributed by atoms with van der Waals surface area (Å²) in [4.78, 5) is 31.1. The van der Waals surface area contributed by atoms with Gasteiger partial charge in [0.15, 0.2) is 0 Å². The number of carbonyl (C=O) groups is 2. The molecule has 0 saturated heterocycles. The first-order valence-electron chi connectivity index (χ1n) is 11.6. The van der Waals surface area contributed by atoms with E-state index in [0.29, 0.717) is 27.7 Å². The Balaban J connectivity index is 1.69. The number of benzene rings is 3. The summed E-state index contributed by atoms with van der Waals surface area (Å²) in [6.07, 6.45) is 0. The molecule has 1 unspecified atom stereocenters. The first kappa shape index (κ1) is 25.5. The van der Waals surface area contributed by atoms with Crippen LogP contribution >= 0.6 is 22.9 Å². The van der Waals surface area contributed by atoms with Gasteiger partial charge < -0.3 is 15.1 Å². The maximum absolute atomic E-state index is 13.6. The third kappa shape index (κ3) is 5.78. The van der Waals surface area contributed by atoms with E-state index < -0.39 is 0 Å². The van der Waals surface area contributed by atoms with E-state index in [9.17, 15) is 9.59 Å². The van der Waals surface area contributed by atoms with Crippen molar-refractivity contribution in [1.82, 2.24) is 4.90 Å². The number of carbonyl (C=O) groups excluding carboxylic acids is 2. The lowest BCUT2D eigenvalue weighted by atomic mass is 10.0. The molecule has 3 aromatic carbocycles. The summed E-state index contributed by atoms with van der Waals surface area (Å²) in [6.45, 7) is 2.41. The van der Waals surface area contributed by atoms with Gasteiger partial charge >= 0.3 is 0 Å². The van der Waals surface area contributed by atoms with E-state index in [1.807, 2.05) is 96.9 Å². The van der Waals surface area contributed by atoms with Crippen molar-refractivity contribution in [2.24, 2.45) is 0 Å². The SMILES string of the molecule is CC(c1ccccc1)N(Cc1cc(NC(=O)c2ccccc2Cl)ccc1N(C)C)C(=O)c1cccs1. The first-order chi connectivity index (χ1) is 17.3. The average Bonchev–Trinajstić information content (AvgIpc) is 3.42. The van der Waals surface area contributed by atoms with Gasteiger partial charge in [-0.05, 0) is 59.8 Å². The second-order valence-corrected chi connectivity index (χ2v) is 10.0. The molecule has 0 aliphatic rings. The minimum absolute atomic E-state index is 0.0310. The molecule has 1 atom stereocenters. The monoisotopic (exact) mass is 517 g/mol. The summed E-state index contributed by atoms with van der Waals surface area (Å²) in [7, 11) is 3.93. The van der Waals surface area contributed by atoms with Crippen molar-refractivity contribution in [2.45, 2.75) is 19.5 Å². The molecule has 5 nitrogen and oxygen atoms in total. The Morgan fingerprint density at radius 1 is 0.944 bits per heavy atom. The van der Waals surface area contributed by atoms with Crippen molar-refractivity contribution in [1.29, 1.82) is 0 Å². The summed E-state index contributed by atoms with van der Waals surface area (Å²) in [6, 6.07) is 26.3. The Morgan fingerprint density at radius 3 is 2.33 bits per heavy atom. The lowest BCUT2D eigenvalue weighted by Gasteiger charge is -2.31.